The molecule has 1 N–H and O–H groups in total. The summed E-state index contributed by atoms with van der Waals surface area (Å²) in [6.07, 6.45) is 0. The lowest BCUT2D eigenvalue weighted by atomic mass is 10.2. The van der Waals surface area contributed by atoms with E-state index in [1.807, 2.05) is 17.5 Å². The molecule has 0 fully saturated rings. The molecule has 0 saturated heterocycles. The maximum Gasteiger partial charge on any atom is 0.332 e. The second-order valence-corrected chi connectivity index (χ2v) is 7.65. The molecule has 1 aromatic carbocycles. The molecule has 3 aromatic heterocycles. The minimum Gasteiger partial charge on any atom is -0.488 e. The molecule has 0 radical (unpaired) electrons. The van der Waals surface area contributed by atoms with Crippen LogP contribution in [0.1, 0.15) is 15.4 Å². The molecule has 0 spiro atoms. The lowest BCUT2D eigenvalue weighted by molar-refractivity contribution is 0.102. The highest BCUT2D eigenvalue weighted by atomic mass is 32.1. The first-order valence-corrected chi connectivity index (χ1v) is 9.95. The van der Waals surface area contributed by atoms with Crippen molar-refractivity contribution in [1.82, 2.24) is 14.1 Å². The molecule has 0 saturated carbocycles. The molecule has 30 heavy (non-hydrogen) atoms. The van der Waals surface area contributed by atoms with Gasteiger partial charge in [0.1, 0.15) is 23.7 Å². The number of rotatable bonds is 5. The van der Waals surface area contributed by atoms with Gasteiger partial charge in [-0.25, -0.2) is 9.78 Å². The largest absolute Gasteiger partial charge is 0.488 e. The first kappa shape index (κ1) is 19.6. The summed E-state index contributed by atoms with van der Waals surface area (Å²) in [5.74, 6) is 0.244. The van der Waals surface area contributed by atoms with Gasteiger partial charge in [0.25, 0.3) is 11.5 Å². The van der Waals surface area contributed by atoms with Crippen LogP contribution in [0.4, 0.5) is 5.69 Å². The first-order valence-electron chi connectivity index (χ1n) is 9.07. The fraction of sp³-hybridized carbons (Fsp3) is 0.143. The highest BCUT2D eigenvalue weighted by Crippen LogP contribution is 2.19. The van der Waals surface area contributed by atoms with E-state index >= 15 is 0 Å². The quantitative estimate of drug-likeness (QED) is 0.533. The van der Waals surface area contributed by atoms with Crippen molar-refractivity contribution < 1.29 is 9.53 Å². The summed E-state index contributed by atoms with van der Waals surface area (Å²) in [4.78, 5) is 42.3. The van der Waals surface area contributed by atoms with Crippen LogP contribution in [0.2, 0.25) is 0 Å². The maximum atomic E-state index is 12.6. The highest BCUT2D eigenvalue weighted by molar-refractivity contribution is 7.09. The number of fused-ring (bicyclic) bond motifs is 1. The summed E-state index contributed by atoms with van der Waals surface area (Å²) in [5.41, 5.74) is -0.124. The monoisotopic (exact) mass is 422 g/mol. The Morgan fingerprint density at radius 3 is 2.53 bits per heavy atom. The summed E-state index contributed by atoms with van der Waals surface area (Å²) < 4.78 is 7.96. The fourth-order valence-corrected chi connectivity index (χ4v) is 3.58. The van der Waals surface area contributed by atoms with Gasteiger partial charge in [-0.3, -0.25) is 18.7 Å². The lowest BCUT2D eigenvalue weighted by Crippen LogP contribution is -2.37. The number of thiophene rings is 1. The van der Waals surface area contributed by atoms with E-state index in [9.17, 15) is 14.4 Å². The standard InChI is InChI=1S/C21H18N4O4S/c1-24-18-16(20(27)25(2)21(24)28)9-10-17(23-18)19(26)22-13-5-7-14(8-6-13)29-12-15-4-3-11-30-15/h3-11H,12H2,1-2H3,(H,22,26). The predicted molar refractivity (Wildman–Crippen MR) is 115 cm³/mol. The highest BCUT2D eigenvalue weighted by Gasteiger charge is 2.14. The molecule has 0 aliphatic carbocycles. The van der Waals surface area contributed by atoms with Crippen LogP contribution in [0, 0.1) is 0 Å². The van der Waals surface area contributed by atoms with Crippen LogP contribution in [0.5, 0.6) is 5.75 Å². The molecule has 9 heteroatoms. The van der Waals surface area contributed by atoms with Crippen molar-refractivity contribution in [2.45, 2.75) is 6.61 Å². The third kappa shape index (κ3) is 3.74. The molecule has 0 bridgehead atoms. The Morgan fingerprint density at radius 1 is 1.07 bits per heavy atom. The molecule has 0 atom stereocenters. The molecule has 4 aromatic rings. The number of carbonyl (C=O) groups excluding carboxylic acids is 1. The Bertz CT molecular complexity index is 1340. The maximum absolute atomic E-state index is 12.6. The second kappa shape index (κ2) is 7.96. The van der Waals surface area contributed by atoms with Crippen LogP contribution >= 0.6 is 11.3 Å². The van der Waals surface area contributed by atoms with Crippen molar-refractivity contribution in [3.63, 3.8) is 0 Å². The number of aryl methyl sites for hydroxylation is 1. The summed E-state index contributed by atoms with van der Waals surface area (Å²) in [6.45, 7) is 0.489. The molecule has 8 nitrogen and oxygen atoms in total. The number of ether oxygens (including phenoxy) is 1. The number of amides is 1. The zero-order valence-corrected chi connectivity index (χ0v) is 17.1. The summed E-state index contributed by atoms with van der Waals surface area (Å²) in [5, 5.41) is 5.02. The van der Waals surface area contributed by atoms with E-state index in [1.165, 1.54) is 30.8 Å². The Morgan fingerprint density at radius 2 is 1.83 bits per heavy atom. The number of hydrogen-bond acceptors (Lipinski definition) is 6. The van der Waals surface area contributed by atoms with Crippen molar-refractivity contribution in [3.05, 3.63) is 85.3 Å². The lowest BCUT2D eigenvalue weighted by Gasteiger charge is -2.09. The van der Waals surface area contributed by atoms with E-state index in [2.05, 4.69) is 10.3 Å². The fourth-order valence-electron chi connectivity index (χ4n) is 2.96. The second-order valence-electron chi connectivity index (χ2n) is 6.62. The van der Waals surface area contributed by atoms with Gasteiger partial charge < -0.3 is 10.1 Å². The van der Waals surface area contributed by atoms with E-state index in [-0.39, 0.29) is 16.7 Å². The van der Waals surface area contributed by atoms with E-state index in [4.69, 9.17) is 4.74 Å². The van der Waals surface area contributed by atoms with Gasteiger partial charge in [0.05, 0.1) is 5.39 Å². The third-order valence-corrected chi connectivity index (χ3v) is 5.46. The summed E-state index contributed by atoms with van der Waals surface area (Å²) in [7, 11) is 2.91. The minimum atomic E-state index is -0.504. The van der Waals surface area contributed by atoms with Crippen molar-refractivity contribution in [3.8, 4) is 5.75 Å². The van der Waals surface area contributed by atoms with Gasteiger partial charge in [-0.05, 0) is 47.8 Å². The van der Waals surface area contributed by atoms with Gasteiger partial charge in [-0.1, -0.05) is 6.07 Å². The van der Waals surface area contributed by atoms with E-state index < -0.39 is 17.2 Å². The van der Waals surface area contributed by atoms with E-state index in [1.54, 1.807) is 35.6 Å². The Balaban J connectivity index is 1.51. The van der Waals surface area contributed by atoms with Crippen molar-refractivity contribution >= 4 is 34.0 Å². The molecule has 0 aliphatic heterocycles. The van der Waals surface area contributed by atoms with Crippen molar-refractivity contribution in [2.75, 3.05) is 5.32 Å². The average molecular weight is 422 g/mol. The van der Waals surface area contributed by atoms with E-state index in [0.717, 1.165) is 9.44 Å². The number of aromatic nitrogens is 3. The van der Waals surface area contributed by atoms with Crippen molar-refractivity contribution in [1.29, 1.82) is 0 Å². The molecule has 152 valence electrons. The van der Waals surface area contributed by atoms with Crippen molar-refractivity contribution in [2.24, 2.45) is 14.1 Å². The Kier molecular flexibility index (Phi) is 5.20. The van der Waals surface area contributed by atoms with Crippen LogP contribution in [0.3, 0.4) is 0 Å². The number of carbonyl (C=O) groups is 1. The van der Waals surface area contributed by atoms with Crippen LogP contribution in [0.15, 0.2) is 63.5 Å². The van der Waals surface area contributed by atoms with Crippen LogP contribution in [0.25, 0.3) is 11.0 Å². The molecule has 0 unspecified atom stereocenters. The molecule has 4 rings (SSSR count). The zero-order chi connectivity index (χ0) is 21.3. The third-order valence-electron chi connectivity index (χ3n) is 4.61. The minimum absolute atomic E-state index is 0.101. The number of anilines is 1. The SMILES string of the molecule is Cn1c(=O)c2ccc(C(=O)Nc3ccc(OCc4cccs4)cc3)nc2n(C)c1=O. The molecule has 3 heterocycles. The summed E-state index contributed by atoms with van der Waals surface area (Å²) >= 11 is 1.62. The number of nitrogens with one attached hydrogen (secondary N) is 1. The molecule has 1 amide bonds. The van der Waals surface area contributed by atoms with E-state index in [0.29, 0.717) is 18.0 Å². The van der Waals surface area contributed by atoms with Gasteiger partial charge in [-0.2, -0.15) is 0 Å². The Hall–Kier alpha value is -3.72. The van der Waals surface area contributed by atoms with Gasteiger partial charge in [0.15, 0.2) is 0 Å². The number of nitrogens with zero attached hydrogens (tertiary/aromatic N) is 3. The number of pyridine rings is 1. The average Bonchev–Trinajstić information content (AvgIpc) is 3.29. The van der Waals surface area contributed by atoms with Gasteiger partial charge in [0.2, 0.25) is 0 Å². The zero-order valence-electron chi connectivity index (χ0n) is 16.3. The van der Waals surface area contributed by atoms with Crippen LogP contribution in [-0.4, -0.2) is 20.0 Å². The normalized spacial score (nSPS) is 10.9. The Labute approximate surface area is 175 Å². The topological polar surface area (TPSA) is 95.2 Å². The number of hydrogen-bond donors (Lipinski definition) is 1. The molecule has 0 aliphatic rings. The predicted octanol–water partition coefficient (Wildman–Crippen LogP) is 2.53. The number of benzene rings is 1. The summed E-state index contributed by atoms with van der Waals surface area (Å²) in [6, 6.07) is 13.9. The molecular formula is C21H18N4O4S. The smallest absolute Gasteiger partial charge is 0.332 e. The molecular weight excluding hydrogens is 404 g/mol. The van der Waals surface area contributed by atoms with Gasteiger partial charge in [0, 0.05) is 24.7 Å². The van der Waals surface area contributed by atoms with Gasteiger partial charge >= 0.3 is 5.69 Å². The van der Waals surface area contributed by atoms with Crippen LogP contribution in [-0.2, 0) is 20.7 Å². The van der Waals surface area contributed by atoms with Gasteiger partial charge in [-0.15, -0.1) is 11.3 Å². The van der Waals surface area contributed by atoms with Crippen LogP contribution < -0.4 is 21.3 Å². The first-order chi connectivity index (χ1) is 14.4.